The van der Waals surface area contributed by atoms with E-state index in [0.717, 1.165) is 5.75 Å². The maximum atomic E-state index is 12.0. The van der Waals surface area contributed by atoms with E-state index < -0.39 is 0 Å². The van der Waals surface area contributed by atoms with Crippen LogP contribution in [0.3, 0.4) is 0 Å². The fraction of sp³-hybridized carbons (Fsp3) is 0.263. The summed E-state index contributed by atoms with van der Waals surface area (Å²) < 4.78 is 0. The molecule has 2 amide bonds. The molecule has 4 nitrogen and oxygen atoms in total. The third-order valence-corrected chi connectivity index (χ3v) is 4.45. The number of hydrogen-bond acceptors (Lipinski definition) is 3. The van der Waals surface area contributed by atoms with Gasteiger partial charge in [-0.15, -0.1) is 11.8 Å². The van der Waals surface area contributed by atoms with Gasteiger partial charge in [0.25, 0.3) is 5.91 Å². The Balaban J connectivity index is 1.79. The molecule has 1 N–H and O–H groups in total. The lowest BCUT2D eigenvalue weighted by Gasteiger charge is -2.11. The lowest BCUT2D eigenvalue weighted by Crippen LogP contribution is -2.21. The van der Waals surface area contributed by atoms with E-state index >= 15 is 0 Å². The van der Waals surface area contributed by atoms with E-state index in [9.17, 15) is 9.59 Å². The smallest absolute Gasteiger partial charge is 0.253 e. The van der Waals surface area contributed by atoms with E-state index in [1.54, 1.807) is 50.1 Å². The Morgan fingerprint density at radius 2 is 1.62 bits per heavy atom. The Labute approximate surface area is 147 Å². The SMILES string of the molecule is Cc1ccc(CSCC(=O)Nc2ccc(C(=O)N(C)C)cc2)cc1. The highest BCUT2D eigenvalue weighted by Crippen LogP contribution is 2.15. The molecule has 0 unspecified atom stereocenters. The summed E-state index contributed by atoms with van der Waals surface area (Å²) in [5.74, 6) is 1.11. The van der Waals surface area contributed by atoms with Crippen molar-refractivity contribution in [1.82, 2.24) is 4.90 Å². The fourth-order valence-electron chi connectivity index (χ4n) is 2.10. The van der Waals surface area contributed by atoms with Crippen molar-refractivity contribution in [3.05, 3.63) is 65.2 Å². The first kappa shape index (κ1) is 18.1. The topological polar surface area (TPSA) is 49.4 Å². The molecule has 0 aliphatic rings. The summed E-state index contributed by atoms with van der Waals surface area (Å²) in [5.41, 5.74) is 3.75. The number of carbonyl (C=O) groups excluding carboxylic acids is 2. The number of nitrogens with one attached hydrogen (secondary N) is 1. The molecular weight excluding hydrogens is 320 g/mol. The number of thioether (sulfide) groups is 1. The summed E-state index contributed by atoms with van der Waals surface area (Å²) in [6.45, 7) is 2.06. The second-order valence-electron chi connectivity index (χ2n) is 5.80. The predicted molar refractivity (Wildman–Crippen MR) is 100 cm³/mol. The summed E-state index contributed by atoms with van der Waals surface area (Å²) >= 11 is 1.58. The fourth-order valence-corrected chi connectivity index (χ4v) is 2.89. The van der Waals surface area contributed by atoms with Crippen molar-refractivity contribution in [3.63, 3.8) is 0 Å². The van der Waals surface area contributed by atoms with Crippen molar-refractivity contribution in [2.45, 2.75) is 12.7 Å². The van der Waals surface area contributed by atoms with Gasteiger partial charge in [-0.25, -0.2) is 0 Å². The molecular formula is C19H22N2O2S. The van der Waals surface area contributed by atoms with Crippen LogP contribution in [-0.2, 0) is 10.5 Å². The Morgan fingerprint density at radius 1 is 1.00 bits per heavy atom. The molecule has 2 rings (SSSR count). The van der Waals surface area contributed by atoms with Crippen LogP contribution in [0.1, 0.15) is 21.5 Å². The van der Waals surface area contributed by atoms with E-state index in [4.69, 9.17) is 0 Å². The van der Waals surface area contributed by atoms with E-state index in [0.29, 0.717) is 17.0 Å². The molecule has 0 saturated heterocycles. The first-order valence-corrected chi connectivity index (χ1v) is 8.86. The number of carbonyl (C=O) groups is 2. The van der Waals surface area contributed by atoms with E-state index in [1.165, 1.54) is 16.0 Å². The van der Waals surface area contributed by atoms with Crippen molar-refractivity contribution in [2.24, 2.45) is 0 Å². The number of hydrogen-bond donors (Lipinski definition) is 1. The molecule has 0 fully saturated rings. The number of aryl methyl sites for hydroxylation is 1. The van der Waals surface area contributed by atoms with Crippen LogP contribution in [0.5, 0.6) is 0 Å². The highest BCUT2D eigenvalue weighted by atomic mass is 32.2. The van der Waals surface area contributed by atoms with Crippen LogP contribution in [0, 0.1) is 6.92 Å². The molecule has 0 spiro atoms. The van der Waals surface area contributed by atoms with Crippen molar-refractivity contribution < 1.29 is 9.59 Å². The summed E-state index contributed by atoms with van der Waals surface area (Å²) in [7, 11) is 3.42. The van der Waals surface area contributed by atoms with Gasteiger partial charge in [0.1, 0.15) is 0 Å². The van der Waals surface area contributed by atoms with Crippen LogP contribution in [0.2, 0.25) is 0 Å². The summed E-state index contributed by atoms with van der Waals surface area (Å²) in [6, 6.07) is 15.3. The Hall–Kier alpha value is -2.27. The number of amides is 2. The monoisotopic (exact) mass is 342 g/mol. The molecule has 0 heterocycles. The largest absolute Gasteiger partial charge is 0.345 e. The van der Waals surface area contributed by atoms with Gasteiger partial charge in [0.05, 0.1) is 5.75 Å². The molecule has 0 aliphatic heterocycles. The van der Waals surface area contributed by atoms with Gasteiger partial charge in [0.2, 0.25) is 5.91 Å². The van der Waals surface area contributed by atoms with E-state index in [1.807, 2.05) is 0 Å². The number of benzene rings is 2. The van der Waals surface area contributed by atoms with Crippen LogP contribution in [0.15, 0.2) is 48.5 Å². The summed E-state index contributed by atoms with van der Waals surface area (Å²) in [5, 5.41) is 2.85. The van der Waals surface area contributed by atoms with Crippen molar-refractivity contribution in [1.29, 1.82) is 0 Å². The maximum Gasteiger partial charge on any atom is 0.253 e. The second-order valence-corrected chi connectivity index (χ2v) is 6.79. The molecule has 0 atom stereocenters. The zero-order valence-corrected chi connectivity index (χ0v) is 15.0. The highest BCUT2D eigenvalue weighted by Gasteiger charge is 2.08. The zero-order chi connectivity index (χ0) is 17.5. The van der Waals surface area contributed by atoms with Gasteiger partial charge in [-0.2, -0.15) is 0 Å². The Bertz CT molecular complexity index is 694. The van der Waals surface area contributed by atoms with Gasteiger partial charge < -0.3 is 10.2 Å². The summed E-state index contributed by atoms with van der Waals surface area (Å²) in [4.78, 5) is 25.3. The maximum absolute atomic E-state index is 12.0. The quantitative estimate of drug-likeness (QED) is 0.873. The minimum atomic E-state index is -0.0541. The average Bonchev–Trinajstić information content (AvgIpc) is 2.56. The van der Waals surface area contributed by atoms with Crippen molar-refractivity contribution in [3.8, 4) is 0 Å². The average molecular weight is 342 g/mol. The molecule has 24 heavy (non-hydrogen) atoms. The van der Waals surface area contributed by atoms with Crippen molar-refractivity contribution >= 4 is 29.3 Å². The lowest BCUT2D eigenvalue weighted by molar-refractivity contribution is -0.113. The van der Waals surface area contributed by atoms with Crippen LogP contribution in [0.25, 0.3) is 0 Å². The molecule has 0 saturated carbocycles. The molecule has 2 aromatic rings. The number of rotatable bonds is 6. The van der Waals surface area contributed by atoms with Gasteiger partial charge >= 0.3 is 0 Å². The molecule has 2 aromatic carbocycles. The van der Waals surface area contributed by atoms with Gasteiger partial charge in [-0.1, -0.05) is 29.8 Å². The van der Waals surface area contributed by atoms with E-state index in [-0.39, 0.29) is 11.8 Å². The zero-order valence-electron chi connectivity index (χ0n) is 14.2. The normalized spacial score (nSPS) is 10.3. The van der Waals surface area contributed by atoms with Crippen molar-refractivity contribution in [2.75, 3.05) is 25.2 Å². The molecule has 0 bridgehead atoms. The van der Waals surface area contributed by atoms with Gasteiger partial charge in [-0.3, -0.25) is 9.59 Å². The molecule has 5 heteroatoms. The first-order valence-electron chi connectivity index (χ1n) is 7.70. The minimum absolute atomic E-state index is 0.0428. The molecule has 0 aromatic heterocycles. The molecule has 0 aliphatic carbocycles. The Morgan fingerprint density at radius 3 is 2.21 bits per heavy atom. The van der Waals surface area contributed by atoms with Gasteiger partial charge in [-0.05, 0) is 36.8 Å². The minimum Gasteiger partial charge on any atom is -0.345 e. The van der Waals surface area contributed by atoms with Gasteiger partial charge in [0.15, 0.2) is 0 Å². The van der Waals surface area contributed by atoms with Crippen LogP contribution >= 0.6 is 11.8 Å². The highest BCUT2D eigenvalue weighted by molar-refractivity contribution is 7.99. The van der Waals surface area contributed by atoms with E-state index in [2.05, 4.69) is 36.5 Å². The molecule has 126 valence electrons. The first-order chi connectivity index (χ1) is 11.5. The standard InChI is InChI=1S/C19H22N2O2S/c1-14-4-6-15(7-5-14)12-24-13-18(22)20-17-10-8-16(9-11-17)19(23)21(2)3/h4-11H,12-13H2,1-3H3,(H,20,22). The predicted octanol–water partition coefficient (Wildman–Crippen LogP) is 3.57. The van der Waals surface area contributed by atoms with Crippen LogP contribution in [0.4, 0.5) is 5.69 Å². The third-order valence-electron chi connectivity index (χ3n) is 3.44. The lowest BCUT2D eigenvalue weighted by atomic mass is 10.2. The van der Waals surface area contributed by atoms with Crippen LogP contribution in [-0.4, -0.2) is 36.6 Å². The number of nitrogens with zero attached hydrogens (tertiary/aromatic N) is 1. The number of anilines is 1. The summed E-state index contributed by atoms with van der Waals surface area (Å²) in [6.07, 6.45) is 0. The Kier molecular flexibility index (Phi) is 6.44. The van der Waals surface area contributed by atoms with Crippen LogP contribution < -0.4 is 5.32 Å². The molecule has 0 radical (unpaired) electrons. The second kappa shape index (κ2) is 8.55. The third kappa shape index (κ3) is 5.42. The van der Waals surface area contributed by atoms with Gasteiger partial charge in [0, 0.05) is 31.1 Å².